The Morgan fingerprint density at radius 1 is 1.27 bits per heavy atom. The molecule has 0 saturated carbocycles. The second-order valence-corrected chi connectivity index (χ2v) is 9.18. The predicted molar refractivity (Wildman–Crippen MR) is 116 cm³/mol. The molecule has 8 heteroatoms. The zero-order valence-electron chi connectivity index (χ0n) is 18.2. The Kier molecular flexibility index (Phi) is 5.26. The number of hydrogen-bond acceptors (Lipinski definition) is 7. The molecule has 160 valence electrons. The Hall–Kier alpha value is -2.90. The molecule has 1 aliphatic heterocycles. The van der Waals surface area contributed by atoms with Gasteiger partial charge in [-0.3, -0.25) is 0 Å². The number of aromatic nitrogens is 3. The van der Waals surface area contributed by atoms with Crippen LogP contribution in [0.25, 0.3) is 21.9 Å². The molecule has 1 N–H and O–H groups in total. The van der Waals surface area contributed by atoms with Crippen molar-refractivity contribution in [1.29, 1.82) is 0 Å². The third-order valence-corrected chi connectivity index (χ3v) is 5.24. The van der Waals surface area contributed by atoms with E-state index in [0.717, 1.165) is 40.4 Å². The highest BCUT2D eigenvalue weighted by Gasteiger charge is 2.27. The fraction of sp³-hybridized carbons (Fsp3) is 0.545. The smallest absolute Gasteiger partial charge is 0.410 e. The molecule has 2 aromatic heterocycles. The summed E-state index contributed by atoms with van der Waals surface area (Å²) in [7, 11) is 0. The second kappa shape index (κ2) is 7.74. The molecule has 3 aromatic rings. The molecule has 0 radical (unpaired) electrons. The summed E-state index contributed by atoms with van der Waals surface area (Å²) in [5.74, 6) is 0.821. The summed E-state index contributed by atoms with van der Waals surface area (Å²) in [4.78, 5) is 23.3. The van der Waals surface area contributed by atoms with Crippen molar-refractivity contribution in [2.24, 2.45) is 0 Å². The van der Waals surface area contributed by atoms with Crippen molar-refractivity contribution in [2.75, 3.05) is 18.4 Å². The minimum absolute atomic E-state index is 0.201. The van der Waals surface area contributed by atoms with E-state index in [9.17, 15) is 4.79 Å². The molecule has 1 aromatic carbocycles. The number of piperidine rings is 1. The van der Waals surface area contributed by atoms with E-state index in [1.807, 2.05) is 39.1 Å². The van der Waals surface area contributed by atoms with E-state index in [1.165, 1.54) is 0 Å². The maximum atomic E-state index is 12.3. The molecular weight excluding hydrogens is 382 g/mol. The van der Waals surface area contributed by atoms with Gasteiger partial charge in [0.15, 0.2) is 5.58 Å². The van der Waals surface area contributed by atoms with Crippen LogP contribution in [0.3, 0.4) is 0 Å². The molecule has 1 fully saturated rings. The summed E-state index contributed by atoms with van der Waals surface area (Å²) < 4.78 is 11.0. The number of fused-ring (bicyclic) bond motifs is 3. The van der Waals surface area contributed by atoms with E-state index < -0.39 is 5.60 Å². The standard InChI is InChI=1S/C22H29N5O3/c1-13(2)18-17-16(30-26-18)7-6-14-12-23-20(25-19(14)17)24-15-8-10-27(11-9-15)21(28)29-22(3,4)5/h6-7,12-13,15H,8-11H2,1-5H3,(H,23,24,25). The topological polar surface area (TPSA) is 93.4 Å². The number of carbonyl (C=O) groups excluding carboxylic acids is 1. The minimum atomic E-state index is -0.479. The van der Waals surface area contributed by atoms with Gasteiger partial charge in [-0.15, -0.1) is 0 Å². The van der Waals surface area contributed by atoms with Crippen LogP contribution >= 0.6 is 0 Å². The molecule has 0 atom stereocenters. The Balaban J connectivity index is 1.49. The van der Waals surface area contributed by atoms with Gasteiger partial charge >= 0.3 is 6.09 Å². The van der Waals surface area contributed by atoms with Crippen LogP contribution in [0.2, 0.25) is 0 Å². The zero-order chi connectivity index (χ0) is 21.5. The highest BCUT2D eigenvalue weighted by Crippen LogP contribution is 2.31. The molecule has 4 rings (SSSR count). The van der Waals surface area contributed by atoms with Crippen molar-refractivity contribution < 1.29 is 14.1 Å². The second-order valence-electron chi connectivity index (χ2n) is 9.18. The molecule has 8 nitrogen and oxygen atoms in total. The number of nitrogens with one attached hydrogen (secondary N) is 1. The molecule has 0 bridgehead atoms. The number of ether oxygens (including phenoxy) is 1. The van der Waals surface area contributed by atoms with Crippen LogP contribution in [0.5, 0.6) is 0 Å². The number of amides is 1. The molecule has 1 saturated heterocycles. The van der Waals surface area contributed by atoms with Gasteiger partial charge in [-0.05, 0) is 51.7 Å². The van der Waals surface area contributed by atoms with E-state index in [-0.39, 0.29) is 18.1 Å². The van der Waals surface area contributed by atoms with Crippen LogP contribution < -0.4 is 5.32 Å². The van der Waals surface area contributed by atoms with Crippen LogP contribution in [-0.4, -0.2) is 50.9 Å². The molecular formula is C22H29N5O3. The van der Waals surface area contributed by atoms with Crippen LogP contribution in [-0.2, 0) is 4.74 Å². The Bertz CT molecular complexity index is 1060. The van der Waals surface area contributed by atoms with Gasteiger partial charge in [0.2, 0.25) is 5.95 Å². The summed E-state index contributed by atoms with van der Waals surface area (Å²) in [6.45, 7) is 11.1. The number of nitrogens with zero attached hydrogens (tertiary/aromatic N) is 4. The van der Waals surface area contributed by atoms with Gasteiger partial charge in [-0.25, -0.2) is 14.8 Å². The first-order valence-electron chi connectivity index (χ1n) is 10.5. The van der Waals surface area contributed by atoms with Gasteiger partial charge in [0.1, 0.15) is 5.60 Å². The Morgan fingerprint density at radius 2 is 2.00 bits per heavy atom. The van der Waals surface area contributed by atoms with Crippen molar-refractivity contribution in [3.8, 4) is 0 Å². The Labute approximate surface area is 176 Å². The monoisotopic (exact) mass is 411 g/mol. The maximum absolute atomic E-state index is 12.3. The predicted octanol–water partition coefficient (Wildman–Crippen LogP) is 4.71. The van der Waals surface area contributed by atoms with E-state index in [0.29, 0.717) is 19.0 Å². The van der Waals surface area contributed by atoms with Gasteiger partial charge in [0.05, 0.1) is 16.6 Å². The minimum Gasteiger partial charge on any atom is -0.444 e. The highest BCUT2D eigenvalue weighted by atomic mass is 16.6. The van der Waals surface area contributed by atoms with E-state index in [1.54, 1.807) is 4.90 Å². The van der Waals surface area contributed by atoms with Crippen LogP contribution in [0, 0.1) is 0 Å². The van der Waals surface area contributed by atoms with Crippen molar-refractivity contribution >= 4 is 33.9 Å². The summed E-state index contributed by atoms with van der Waals surface area (Å²) in [5, 5.41) is 9.58. The van der Waals surface area contributed by atoms with Crippen molar-refractivity contribution in [3.05, 3.63) is 24.0 Å². The lowest BCUT2D eigenvalue weighted by atomic mass is 10.0. The van der Waals surface area contributed by atoms with Gasteiger partial charge in [-0.2, -0.15) is 0 Å². The van der Waals surface area contributed by atoms with Crippen molar-refractivity contribution in [3.63, 3.8) is 0 Å². The average Bonchev–Trinajstić information content (AvgIpc) is 3.12. The van der Waals surface area contributed by atoms with Gasteiger partial charge in [0.25, 0.3) is 0 Å². The molecule has 0 aliphatic carbocycles. The summed E-state index contributed by atoms with van der Waals surface area (Å²) >= 11 is 0. The number of anilines is 1. The van der Waals surface area contributed by atoms with Gasteiger partial charge < -0.3 is 19.5 Å². The van der Waals surface area contributed by atoms with E-state index in [4.69, 9.17) is 14.2 Å². The molecule has 0 spiro atoms. The fourth-order valence-corrected chi connectivity index (χ4v) is 3.73. The molecule has 30 heavy (non-hydrogen) atoms. The van der Waals surface area contributed by atoms with Crippen molar-refractivity contribution in [2.45, 2.75) is 65.0 Å². The lowest BCUT2D eigenvalue weighted by Gasteiger charge is -2.33. The first-order valence-corrected chi connectivity index (χ1v) is 10.5. The number of benzene rings is 1. The first-order chi connectivity index (χ1) is 14.2. The SMILES string of the molecule is CC(C)c1noc2ccc3cnc(NC4CCN(C(=O)OC(C)(C)C)CC4)nc3c12. The quantitative estimate of drug-likeness (QED) is 0.667. The molecule has 0 unspecified atom stereocenters. The lowest BCUT2D eigenvalue weighted by Crippen LogP contribution is -2.44. The highest BCUT2D eigenvalue weighted by molar-refractivity contribution is 6.04. The third-order valence-electron chi connectivity index (χ3n) is 5.24. The number of rotatable bonds is 3. The number of hydrogen-bond donors (Lipinski definition) is 1. The average molecular weight is 412 g/mol. The first kappa shape index (κ1) is 20.4. The Morgan fingerprint density at radius 3 is 2.67 bits per heavy atom. The van der Waals surface area contributed by atoms with Crippen LogP contribution in [0.15, 0.2) is 22.9 Å². The summed E-state index contributed by atoms with van der Waals surface area (Å²) in [5.41, 5.74) is 2.02. The third kappa shape index (κ3) is 4.17. The fourth-order valence-electron chi connectivity index (χ4n) is 3.73. The zero-order valence-corrected chi connectivity index (χ0v) is 18.2. The van der Waals surface area contributed by atoms with Crippen molar-refractivity contribution in [1.82, 2.24) is 20.0 Å². The largest absolute Gasteiger partial charge is 0.444 e. The van der Waals surface area contributed by atoms with Gasteiger partial charge in [-0.1, -0.05) is 19.0 Å². The maximum Gasteiger partial charge on any atom is 0.410 e. The lowest BCUT2D eigenvalue weighted by molar-refractivity contribution is 0.0210. The van der Waals surface area contributed by atoms with Crippen LogP contribution in [0.4, 0.5) is 10.7 Å². The molecule has 1 amide bonds. The van der Waals surface area contributed by atoms with E-state index >= 15 is 0 Å². The number of carbonyl (C=O) groups is 1. The molecule has 3 heterocycles. The van der Waals surface area contributed by atoms with E-state index in [2.05, 4.69) is 29.3 Å². The number of likely N-dealkylation sites (tertiary alicyclic amines) is 1. The summed E-state index contributed by atoms with van der Waals surface area (Å²) in [6.07, 6.45) is 3.21. The van der Waals surface area contributed by atoms with Crippen LogP contribution in [0.1, 0.15) is 59.1 Å². The summed E-state index contributed by atoms with van der Waals surface area (Å²) in [6, 6.07) is 4.07. The normalized spacial score (nSPS) is 15.9. The van der Waals surface area contributed by atoms with Gasteiger partial charge in [0, 0.05) is 30.7 Å². The molecule has 1 aliphatic rings.